The number of rotatable bonds is 29. The van der Waals surface area contributed by atoms with E-state index in [1.165, 1.54) is 128 Å². The van der Waals surface area contributed by atoms with Crippen LogP contribution >= 0.6 is 0 Å². The van der Waals surface area contributed by atoms with E-state index in [9.17, 15) is 9.32 Å². The average molecular weight is 513 g/mol. The summed E-state index contributed by atoms with van der Waals surface area (Å²) in [6, 6.07) is 0. The summed E-state index contributed by atoms with van der Waals surface area (Å²) in [6.45, 7) is 4.54. The van der Waals surface area contributed by atoms with Crippen LogP contribution in [0.15, 0.2) is 12.2 Å². The summed E-state index contributed by atoms with van der Waals surface area (Å²) in [7, 11) is -0.687. The van der Waals surface area contributed by atoms with Crippen LogP contribution in [0.1, 0.15) is 174 Å². The van der Waals surface area contributed by atoms with Gasteiger partial charge in [-0.3, -0.25) is 4.21 Å². The van der Waals surface area contributed by atoms with E-state index in [4.69, 9.17) is 0 Å². The molecule has 0 saturated heterocycles. The van der Waals surface area contributed by atoms with Crippen LogP contribution in [0.3, 0.4) is 0 Å². The molecule has 0 rings (SSSR count). The molecular formula is C32H64O2S. The zero-order valence-electron chi connectivity index (χ0n) is 24.1. The lowest BCUT2D eigenvalue weighted by molar-refractivity contribution is 0.150. The third-order valence-electron chi connectivity index (χ3n) is 7.18. The smallest absolute Gasteiger partial charge is 0.0540 e. The normalized spacial score (nSPS) is 13.6. The molecule has 1 N–H and O–H groups in total. The first-order valence-electron chi connectivity index (χ1n) is 15.9. The summed E-state index contributed by atoms with van der Waals surface area (Å²) in [5.74, 6) is 1.63. The summed E-state index contributed by atoms with van der Waals surface area (Å²) in [5.41, 5.74) is 0. The highest BCUT2D eigenvalue weighted by Crippen LogP contribution is 2.13. The third-order valence-corrected chi connectivity index (χ3v) is 8.67. The van der Waals surface area contributed by atoms with Crippen LogP contribution in [0, 0.1) is 0 Å². The number of hydrogen-bond donors (Lipinski definition) is 1. The predicted octanol–water partition coefficient (Wildman–Crippen LogP) is 10.4. The second-order valence-electron chi connectivity index (χ2n) is 10.8. The molecule has 0 spiro atoms. The highest BCUT2D eigenvalue weighted by molar-refractivity contribution is 7.84. The van der Waals surface area contributed by atoms with Gasteiger partial charge in [0.05, 0.1) is 6.10 Å². The molecule has 0 aromatic heterocycles. The Morgan fingerprint density at radius 1 is 0.514 bits per heavy atom. The fourth-order valence-corrected chi connectivity index (χ4v) is 5.97. The van der Waals surface area contributed by atoms with Crippen molar-refractivity contribution in [3.63, 3.8) is 0 Å². The lowest BCUT2D eigenvalue weighted by Crippen LogP contribution is -2.10. The molecule has 0 aromatic rings. The second-order valence-corrected chi connectivity index (χ2v) is 12.5. The van der Waals surface area contributed by atoms with Gasteiger partial charge in [-0.2, -0.15) is 0 Å². The zero-order valence-corrected chi connectivity index (χ0v) is 24.9. The maximum absolute atomic E-state index is 12.2. The van der Waals surface area contributed by atoms with Crippen LogP contribution < -0.4 is 0 Å². The minimum Gasteiger partial charge on any atom is -0.393 e. The molecule has 0 radical (unpaired) electrons. The Bertz CT molecular complexity index is 449. The standard InChI is InChI=1S/C32H64O2S/c1-3-5-7-9-11-13-14-15-16-17-18-19-20-22-24-26-30-35(34)31-27-29-32(33)28-25-23-21-12-10-8-6-4-2/h15-16,32-33H,3-14,17-31H2,1-2H3/b16-15-. The molecule has 0 aromatic carbocycles. The molecule has 35 heavy (non-hydrogen) atoms. The fraction of sp³-hybridized carbons (Fsp3) is 0.938. The van der Waals surface area contributed by atoms with Gasteiger partial charge in [-0.05, 0) is 51.4 Å². The summed E-state index contributed by atoms with van der Waals surface area (Å²) >= 11 is 0. The van der Waals surface area contributed by atoms with Crippen LogP contribution in [-0.4, -0.2) is 26.9 Å². The summed E-state index contributed by atoms with van der Waals surface area (Å²) in [5, 5.41) is 10.2. The molecule has 0 saturated carbocycles. The number of aliphatic hydroxyl groups is 1. The number of allylic oxidation sites excluding steroid dienone is 2. The molecular weight excluding hydrogens is 448 g/mol. The quantitative estimate of drug-likeness (QED) is 0.0799. The van der Waals surface area contributed by atoms with E-state index in [-0.39, 0.29) is 6.10 Å². The first kappa shape index (κ1) is 34.9. The maximum atomic E-state index is 12.2. The Morgan fingerprint density at radius 3 is 1.40 bits per heavy atom. The molecule has 0 bridgehead atoms. The number of hydrogen-bond acceptors (Lipinski definition) is 2. The predicted molar refractivity (Wildman–Crippen MR) is 160 cm³/mol. The molecule has 0 aliphatic rings. The largest absolute Gasteiger partial charge is 0.393 e. The van der Waals surface area contributed by atoms with Crippen molar-refractivity contribution in [2.45, 2.75) is 180 Å². The van der Waals surface area contributed by atoms with Gasteiger partial charge >= 0.3 is 0 Å². The van der Waals surface area contributed by atoms with Crippen molar-refractivity contribution in [1.29, 1.82) is 0 Å². The van der Waals surface area contributed by atoms with Gasteiger partial charge in [0.1, 0.15) is 0 Å². The highest BCUT2D eigenvalue weighted by atomic mass is 32.2. The zero-order chi connectivity index (χ0) is 25.7. The Hall–Kier alpha value is -0.150. The van der Waals surface area contributed by atoms with E-state index in [2.05, 4.69) is 26.0 Å². The van der Waals surface area contributed by atoms with Gasteiger partial charge in [-0.1, -0.05) is 135 Å². The topological polar surface area (TPSA) is 37.3 Å². The monoisotopic (exact) mass is 512 g/mol. The SMILES string of the molecule is CCCCCCCC/C=C\CCCCCCCCS(=O)CCCC(O)CCCCCCCCCC. The number of aliphatic hydroxyl groups excluding tert-OH is 1. The Balaban J connectivity index is 3.31. The van der Waals surface area contributed by atoms with Gasteiger partial charge in [0.2, 0.25) is 0 Å². The highest BCUT2D eigenvalue weighted by Gasteiger charge is 2.06. The van der Waals surface area contributed by atoms with Gasteiger partial charge in [0.25, 0.3) is 0 Å². The molecule has 0 aliphatic carbocycles. The molecule has 0 aliphatic heterocycles. The van der Waals surface area contributed by atoms with E-state index in [0.29, 0.717) is 0 Å². The number of unbranched alkanes of at least 4 members (excludes halogenated alkanes) is 19. The molecule has 2 nitrogen and oxygen atoms in total. The first-order chi connectivity index (χ1) is 17.2. The van der Waals surface area contributed by atoms with Crippen LogP contribution in [0.2, 0.25) is 0 Å². The van der Waals surface area contributed by atoms with Crippen molar-refractivity contribution < 1.29 is 9.32 Å². The molecule has 210 valence electrons. The Labute approximate surface area is 224 Å². The molecule has 2 atom stereocenters. The van der Waals surface area contributed by atoms with Crippen molar-refractivity contribution in [2.75, 3.05) is 11.5 Å². The first-order valence-corrected chi connectivity index (χ1v) is 17.4. The van der Waals surface area contributed by atoms with Crippen LogP contribution in [-0.2, 0) is 10.8 Å². The van der Waals surface area contributed by atoms with Gasteiger partial charge in [-0.25, -0.2) is 0 Å². The van der Waals surface area contributed by atoms with E-state index < -0.39 is 10.8 Å². The summed E-state index contributed by atoms with van der Waals surface area (Å²) in [4.78, 5) is 0. The summed E-state index contributed by atoms with van der Waals surface area (Å²) in [6.07, 6.45) is 36.2. The Kier molecular flexibility index (Phi) is 29.9. The van der Waals surface area contributed by atoms with Gasteiger partial charge in [0, 0.05) is 22.3 Å². The van der Waals surface area contributed by atoms with Crippen molar-refractivity contribution in [3.8, 4) is 0 Å². The fourth-order valence-electron chi connectivity index (χ4n) is 4.75. The molecule has 2 unspecified atom stereocenters. The van der Waals surface area contributed by atoms with Crippen molar-refractivity contribution in [3.05, 3.63) is 12.2 Å². The molecule has 3 heteroatoms. The second kappa shape index (κ2) is 30.1. The van der Waals surface area contributed by atoms with E-state index >= 15 is 0 Å². The maximum Gasteiger partial charge on any atom is 0.0540 e. The third kappa shape index (κ3) is 30.0. The van der Waals surface area contributed by atoms with Crippen molar-refractivity contribution in [2.24, 2.45) is 0 Å². The average Bonchev–Trinajstić information content (AvgIpc) is 2.85. The van der Waals surface area contributed by atoms with Crippen molar-refractivity contribution >= 4 is 10.8 Å². The van der Waals surface area contributed by atoms with Crippen LogP contribution in [0.5, 0.6) is 0 Å². The van der Waals surface area contributed by atoms with Crippen LogP contribution in [0.4, 0.5) is 0 Å². The molecule has 0 amide bonds. The van der Waals surface area contributed by atoms with Gasteiger partial charge in [0.15, 0.2) is 0 Å². The van der Waals surface area contributed by atoms with Crippen LogP contribution in [0.25, 0.3) is 0 Å². The minimum atomic E-state index is -0.687. The van der Waals surface area contributed by atoms with Gasteiger partial charge in [-0.15, -0.1) is 0 Å². The van der Waals surface area contributed by atoms with Crippen molar-refractivity contribution in [1.82, 2.24) is 0 Å². The minimum absolute atomic E-state index is 0.183. The lowest BCUT2D eigenvalue weighted by Gasteiger charge is -2.10. The lowest BCUT2D eigenvalue weighted by atomic mass is 10.0. The molecule has 0 heterocycles. The van der Waals surface area contributed by atoms with E-state index in [1.807, 2.05) is 0 Å². The van der Waals surface area contributed by atoms with E-state index in [0.717, 1.165) is 43.6 Å². The van der Waals surface area contributed by atoms with Gasteiger partial charge < -0.3 is 5.11 Å². The molecule has 0 fully saturated rings. The Morgan fingerprint density at radius 2 is 0.886 bits per heavy atom. The summed E-state index contributed by atoms with van der Waals surface area (Å²) < 4.78 is 12.2. The van der Waals surface area contributed by atoms with E-state index in [1.54, 1.807) is 0 Å².